The summed E-state index contributed by atoms with van der Waals surface area (Å²) < 4.78 is 8.22. The second-order valence-electron chi connectivity index (χ2n) is 5.91. The molecule has 1 aromatic heterocycles. The Balaban J connectivity index is 1.95. The third-order valence-corrected chi connectivity index (χ3v) is 3.34. The van der Waals surface area contributed by atoms with Crippen molar-refractivity contribution in [2.24, 2.45) is 0 Å². The molecule has 0 radical (unpaired) electrons. The van der Waals surface area contributed by atoms with Gasteiger partial charge in [0.05, 0.1) is 6.33 Å². The number of rotatable bonds is 4. The Hall–Kier alpha value is -1.82. The molecule has 1 amide bonds. The fraction of sp³-hybridized carbons (Fsp3) is 0.375. The second kappa shape index (κ2) is 6.96. The molecule has 0 aliphatic rings. The van der Waals surface area contributed by atoms with Crippen LogP contribution in [0, 0.1) is 0 Å². The quantitative estimate of drug-likeness (QED) is 0.898. The number of aromatic nitrogens is 2. The molecular formula is C16H20BrN3O2. The number of amides is 1. The van der Waals surface area contributed by atoms with E-state index in [9.17, 15) is 4.79 Å². The molecule has 0 aliphatic carbocycles. The summed E-state index contributed by atoms with van der Waals surface area (Å²) in [5, 5.41) is 2.76. The summed E-state index contributed by atoms with van der Waals surface area (Å²) in [6.45, 7) is 6.02. The summed E-state index contributed by atoms with van der Waals surface area (Å²) in [4.78, 5) is 15.8. The average Bonchev–Trinajstić information content (AvgIpc) is 2.85. The summed E-state index contributed by atoms with van der Waals surface area (Å²) in [6.07, 6.45) is 3.84. The summed E-state index contributed by atoms with van der Waals surface area (Å²) >= 11 is 3.46. The first-order valence-electron chi connectivity index (χ1n) is 7.09. The van der Waals surface area contributed by atoms with E-state index in [4.69, 9.17) is 4.74 Å². The topological polar surface area (TPSA) is 56.1 Å². The Kier molecular flexibility index (Phi) is 5.24. The molecule has 0 saturated heterocycles. The number of nitrogens with zero attached hydrogens (tertiary/aromatic N) is 2. The molecule has 6 heteroatoms. The van der Waals surface area contributed by atoms with E-state index in [1.807, 2.05) is 49.6 Å². The number of hydrogen-bond donors (Lipinski definition) is 1. The Bertz CT molecular complexity index is 647. The number of carbonyl (C=O) groups is 1. The molecule has 0 spiro atoms. The lowest BCUT2D eigenvalue weighted by molar-refractivity contribution is 0.0528. The van der Waals surface area contributed by atoms with Crippen molar-refractivity contribution in [3.63, 3.8) is 0 Å². The van der Waals surface area contributed by atoms with Gasteiger partial charge >= 0.3 is 6.09 Å². The van der Waals surface area contributed by atoms with Crippen molar-refractivity contribution in [1.82, 2.24) is 14.9 Å². The monoisotopic (exact) mass is 365 g/mol. The lowest BCUT2D eigenvalue weighted by Crippen LogP contribution is -2.33. The molecule has 1 aromatic carbocycles. The van der Waals surface area contributed by atoms with Crippen LogP contribution in [-0.4, -0.2) is 27.8 Å². The average molecular weight is 366 g/mol. The minimum absolute atomic E-state index is 0.402. The maximum atomic E-state index is 11.6. The molecule has 0 atom stereocenters. The van der Waals surface area contributed by atoms with E-state index in [0.717, 1.165) is 15.9 Å². The second-order valence-corrected chi connectivity index (χ2v) is 6.83. The van der Waals surface area contributed by atoms with Crippen LogP contribution in [0.3, 0.4) is 0 Å². The molecule has 0 bridgehead atoms. The first-order valence-corrected chi connectivity index (χ1v) is 7.88. The van der Waals surface area contributed by atoms with Gasteiger partial charge in [-0.3, -0.25) is 0 Å². The Morgan fingerprint density at radius 3 is 2.86 bits per heavy atom. The van der Waals surface area contributed by atoms with E-state index in [1.54, 1.807) is 12.5 Å². The fourth-order valence-electron chi connectivity index (χ4n) is 1.97. The molecular weight excluding hydrogens is 346 g/mol. The molecule has 22 heavy (non-hydrogen) atoms. The van der Waals surface area contributed by atoms with Crippen molar-refractivity contribution in [3.8, 4) is 5.69 Å². The Labute approximate surface area is 138 Å². The molecule has 2 aromatic rings. The highest BCUT2D eigenvalue weighted by atomic mass is 79.9. The van der Waals surface area contributed by atoms with Crippen molar-refractivity contribution in [2.75, 3.05) is 6.54 Å². The van der Waals surface area contributed by atoms with Crippen molar-refractivity contribution in [2.45, 2.75) is 32.8 Å². The maximum Gasteiger partial charge on any atom is 0.407 e. The zero-order chi connectivity index (χ0) is 16.2. The zero-order valence-corrected chi connectivity index (χ0v) is 14.6. The fourth-order valence-corrected chi connectivity index (χ4v) is 2.36. The third kappa shape index (κ3) is 4.87. The predicted molar refractivity (Wildman–Crippen MR) is 89.2 cm³/mol. The van der Waals surface area contributed by atoms with Crippen LogP contribution in [0.1, 0.15) is 26.5 Å². The van der Waals surface area contributed by atoms with Gasteiger partial charge in [0.25, 0.3) is 0 Å². The third-order valence-electron chi connectivity index (χ3n) is 2.85. The van der Waals surface area contributed by atoms with Gasteiger partial charge in [-0.2, -0.15) is 0 Å². The maximum absolute atomic E-state index is 11.6. The number of benzene rings is 1. The largest absolute Gasteiger partial charge is 0.444 e. The van der Waals surface area contributed by atoms with Crippen LogP contribution < -0.4 is 5.32 Å². The van der Waals surface area contributed by atoms with Crippen molar-refractivity contribution in [1.29, 1.82) is 0 Å². The van der Waals surface area contributed by atoms with E-state index < -0.39 is 11.7 Å². The van der Waals surface area contributed by atoms with Gasteiger partial charge in [0.15, 0.2) is 0 Å². The van der Waals surface area contributed by atoms with Crippen LogP contribution >= 0.6 is 15.9 Å². The molecule has 0 unspecified atom stereocenters. The van der Waals surface area contributed by atoms with Gasteiger partial charge in [0, 0.05) is 35.0 Å². The van der Waals surface area contributed by atoms with E-state index in [0.29, 0.717) is 13.0 Å². The molecule has 5 nitrogen and oxygen atoms in total. The highest BCUT2D eigenvalue weighted by Crippen LogP contribution is 2.17. The van der Waals surface area contributed by atoms with Crippen LogP contribution in [0.25, 0.3) is 5.69 Å². The Morgan fingerprint density at radius 1 is 1.41 bits per heavy atom. The summed E-state index contributed by atoms with van der Waals surface area (Å²) in [5.41, 5.74) is 1.57. The standard InChI is InChI=1S/C16H20BrN3O2/c1-16(2,3)22-15(21)19-8-7-14-10-18-11-20(14)13-6-4-5-12(17)9-13/h4-6,9-11H,7-8H2,1-3H3,(H,19,21). The van der Waals surface area contributed by atoms with Crippen LogP contribution in [0.4, 0.5) is 4.79 Å². The van der Waals surface area contributed by atoms with Crippen LogP contribution in [0.15, 0.2) is 41.3 Å². The lowest BCUT2D eigenvalue weighted by atomic mass is 10.2. The number of halogens is 1. The molecule has 1 N–H and O–H groups in total. The minimum Gasteiger partial charge on any atom is -0.444 e. The highest BCUT2D eigenvalue weighted by molar-refractivity contribution is 9.10. The van der Waals surface area contributed by atoms with Gasteiger partial charge in [0.2, 0.25) is 0 Å². The van der Waals surface area contributed by atoms with E-state index in [-0.39, 0.29) is 0 Å². The number of carbonyl (C=O) groups excluding carboxylic acids is 1. The first-order chi connectivity index (χ1) is 10.3. The molecule has 0 saturated carbocycles. The van der Waals surface area contributed by atoms with Gasteiger partial charge in [-0.05, 0) is 39.0 Å². The number of imidazole rings is 1. The molecule has 0 aliphatic heterocycles. The molecule has 1 heterocycles. The number of alkyl carbamates (subject to hydrolysis) is 1. The van der Waals surface area contributed by atoms with Crippen molar-refractivity contribution >= 4 is 22.0 Å². The van der Waals surface area contributed by atoms with Crippen LogP contribution in [-0.2, 0) is 11.2 Å². The number of hydrogen-bond acceptors (Lipinski definition) is 3. The van der Waals surface area contributed by atoms with Gasteiger partial charge < -0.3 is 14.6 Å². The molecule has 118 valence electrons. The van der Waals surface area contributed by atoms with Gasteiger partial charge in [-0.15, -0.1) is 0 Å². The number of ether oxygens (including phenoxy) is 1. The highest BCUT2D eigenvalue weighted by Gasteiger charge is 2.15. The Morgan fingerprint density at radius 2 is 2.18 bits per heavy atom. The minimum atomic E-state index is -0.484. The van der Waals surface area contributed by atoms with E-state index >= 15 is 0 Å². The lowest BCUT2D eigenvalue weighted by Gasteiger charge is -2.19. The van der Waals surface area contributed by atoms with Crippen molar-refractivity contribution in [3.05, 3.63) is 47.0 Å². The summed E-state index contributed by atoms with van der Waals surface area (Å²) in [5.74, 6) is 0. The zero-order valence-electron chi connectivity index (χ0n) is 13.0. The summed E-state index contributed by atoms with van der Waals surface area (Å²) in [6, 6.07) is 7.98. The molecule has 0 fully saturated rings. The number of nitrogens with one attached hydrogen (secondary N) is 1. The van der Waals surface area contributed by atoms with Gasteiger partial charge in [0.1, 0.15) is 5.60 Å². The van der Waals surface area contributed by atoms with Gasteiger partial charge in [-0.1, -0.05) is 22.0 Å². The van der Waals surface area contributed by atoms with E-state index in [1.165, 1.54) is 0 Å². The van der Waals surface area contributed by atoms with Crippen LogP contribution in [0.2, 0.25) is 0 Å². The normalized spacial score (nSPS) is 11.3. The van der Waals surface area contributed by atoms with Gasteiger partial charge in [-0.25, -0.2) is 9.78 Å². The first kappa shape index (κ1) is 16.5. The van der Waals surface area contributed by atoms with E-state index in [2.05, 4.69) is 26.2 Å². The summed E-state index contributed by atoms with van der Waals surface area (Å²) in [7, 11) is 0. The predicted octanol–water partition coefficient (Wildman–Crippen LogP) is 3.70. The van der Waals surface area contributed by atoms with Crippen LogP contribution in [0.5, 0.6) is 0 Å². The van der Waals surface area contributed by atoms with Crippen molar-refractivity contribution < 1.29 is 9.53 Å². The SMILES string of the molecule is CC(C)(C)OC(=O)NCCc1cncn1-c1cccc(Br)c1. The molecule has 2 rings (SSSR count). The smallest absolute Gasteiger partial charge is 0.407 e.